The molecule has 0 aliphatic heterocycles. The van der Waals surface area contributed by atoms with E-state index in [-0.39, 0.29) is 18.7 Å². The van der Waals surface area contributed by atoms with Crippen LogP contribution in [0.5, 0.6) is 0 Å². The highest BCUT2D eigenvalue weighted by Crippen LogP contribution is 2.17. The van der Waals surface area contributed by atoms with Crippen LogP contribution < -0.4 is 10.9 Å². The van der Waals surface area contributed by atoms with Gasteiger partial charge in [0.1, 0.15) is 4.47 Å². The molecule has 2 aromatic rings. The summed E-state index contributed by atoms with van der Waals surface area (Å²) >= 11 is 3.26. The van der Waals surface area contributed by atoms with Crippen LogP contribution in [0.1, 0.15) is 11.3 Å². The van der Waals surface area contributed by atoms with Gasteiger partial charge in [-0.3, -0.25) is 9.48 Å². The Morgan fingerprint density at radius 3 is 2.85 bits per heavy atom. The maximum Gasteiger partial charge on any atom is 0.283 e. The number of nitrogens with zero attached hydrogens (tertiary/aromatic N) is 4. The van der Waals surface area contributed by atoms with Gasteiger partial charge in [0, 0.05) is 25.4 Å². The number of hydrogen-bond donors (Lipinski definition) is 2. The second kappa shape index (κ2) is 6.19. The van der Waals surface area contributed by atoms with Gasteiger partial charge in [0.15, 0.2) is 0 Å². The molecule has 20 heavy (non-hydrogen) atoms. The lowest BCUT2D eigenvalue weighted by Crippen LogP contribution is -2.25. The first kappa shape index (κ1) is 14.7. The number of aliphatic hydroxyl groups is 1. The van der Waals surface area contributed by atoms with Gasteiger partial charge in [0.25, 0.3) is 5.56 Å². The first-order chi connectivity index (χ1) is 9.52. The Morgan fingerprint density at radius 2 is 2.25 bits per heavy atom. The molecular formula is C12H16BrN5O2. The molecule has 0 atom stereocenters. The molecule has 0 bridgehead atoms. The maximum absolute atomic E-state index is 11.9. The molecule has 0 aliphatic carbocycles. The zero-order chi connectivity index (χ0) is 14.7. The van der Waals surface area contributed by atoms with Gasteiger partial charge in [-0.2, -0.15) is 10.2 Å². The molecule has 2 rings (SSSR count). The third-order valence-corrected chi connectivity index (χ3v) is 3.65. The number of aryl methyl sites for hydroxylation is 2. The smallest absolute Gasteiger partial charge is 0.283 e. The molecule has 0 radical (unpaired) electrons. The summed E-state index contributed by atoms with van der Waals surface area (Å²) in [6, 6.07) is 0. The summed E-state index contributed by atoms with van der Waals surface area (Å²) in [7, 11) is 1.87. The zero-order valence-electron chi connectivity index (χ0n) is 11.3. The van der Waals surface area contributed by atoms with Crippen molar-refractivity contribution < 1.29 is 5.11 Å². The van der Waals surface area contributed by atoms with E-state index in [0.29, 0.717) is 16.7 Å². The molecule has 0 spiro atoms. The Kier molecular flexibility index (Phi) is 4.56. The van der Waals surface area contributed by atoms with E-state index in [2.05, 4.69) is 31.4 Å². The van der Waals surface area contributed by atoms with E-state index in [4.69, 9.17) is 5.11 Å². The highest BCUT2D eigenvalue weighted by atomic mass is 79.9. The molecule has 0 saturated heterocycles. The van der Waals surface area contributed by atoms with E-state index < -0.39 is 0 Å². The molecule has 0 aliphatic rings. The van der Waals surface area contributed by atoms with Crippen LogP contribution in [0.25, 0.3) is 0 Å². The SMILES string of the molecule is Cc1nn(C)cc1CNc1cnn(CCO)c(=O)c1Br. The van der Waals surface area contributed by atoms with Crippen LogP contribution in [0, 0.1) is 6.92 Å². The molecular weight excluding hydrogens is 326 g/mol. The van der Waals surface area contributed by atoms with Gasteiger partial charge in [0.2, 0.25) is 0 Å². The standard InChI is InChI=1S/C12H16BrN5O2/c1-8-9(7-17(2)16-8)5-14-10-6-15-18(3-4-19)12(20)11(10)13/h6-7,14,19H,3-5H2,1-2H3. The highest BCUT2D eigenvalue weighted by Gasteiger charge is 2.09. The first-order valence-corrected chi connectivity index (χ1v) is 6.91. The van der Waals surface area contributed by atoms with Crippen molar-refractivity contribution in [1.82, 2.24) is 19.6 Å². The predicted molar refractivity (Wildman–Crippen MR) is 78.6 cm³/mol. The van der Waals surface area contributed by atoms with Gasteiger partial charge < -0.3 is 10.4 Å². The Hall–Kier alpha value is -1.67. The summed E-state index contributed by atoms with van der Waals surface area (Å²) < 4.78 is 3.37. The summed E-state index contributed by atoms with van der Waals surface area (Å²) in [6.45, 7) is 2.55. The quantitative estimate of drug-likeness (QED) is 0.834. The maximum atomic E-state index is 11.9. The van der Waals surface area contributed by atoms with Crippen molar-refractivity contribution in [2.45, 2.75) is 20.0 Å². The van der Waals surface area contributed by atoms with E-state index in [1.54, 1.807) is 10.9 Å². The van der Waals surface area contributed by atoms with Crippen molar-refractivity contribution >= 4 is 21.6 Å². The highest BCUT2D eigenvalue weighted by molar-refractivity contribution is 9.10. The van der Waals surface area contributed by atoms with Crippen molar-refractivity contribution in [2.75, 3.05) is 11.9 Å². The number of aromatic nitrogens is 4. The van der Waals surface area contributed by atoms with Crippen LogP contribution in [0.15, 0.2) is 21.7 Å². The lowest BCUT2D eigenvalue weighted by atomic mass is 10.2. The van der Waals surface area contributed by atoms with Crippen molar-refractivity contribution in [2.24, 2.45) is 7.05 Å². The fourth-order valence-corrected chi connectivity index (χ4v) is 2.30. The molecule has 8 heteroatoms. The summed E-state index contributed by atoms with van der Waals surface area (Å²) in [6.07, 6.45) is 3.49. The van der Waals surface area contributed by atoms with E-state index in [0.717, 1.165) is 11.3 Å². The minimum atomic E-state index is -0.271. The second-order valence-electron chi connectivity index (χ2n) is 4.39. The lowest BCUT2D eigenvalue weighted by Gasteiger charge is -2.09. The van der Waals surface area contributed by atoms with Crippen molar-refractivity contribution in [3.8, 4) is 0 Å². The Labute approximate surface area is 124 Å². The van der Waals surface area contributed by atoms with Gasteiger partial charge in [-0.15, -0.1) is 0 Å². The van der Waals surface area contributed by atoms with Crippen molar-refractivity contribution in [3.05, 3.63) is 38.5 Å². The van der Waals surface area contributed by atoms with Gasteiger partial charge in [-0.05, 0) is 22.9 Å². The second-order valence-corrected chi connectivity index (χ2v) is 5.18. The summed E-state index contributed by atoms with van der Waals surface area (Å²) in [5.74, 6) is 0. The topological polar surface area (TPSA) is 85.0 Å². The Bertz CT molecular complexity index is 664. The minimum Gasteiger partial charge on any atom is -0.394 e. The van der Waals surface area contributed by atoms with Crippen LogP contribution in [0.3, 0.4) is 0 Å². The zero-order valence-corrected chi connectivity index (χ0v) is 12.9. The minimum absolute atomic E-state index is 0.124. The normalized spacial score (nSPS) is 10.8. The fourth-order valence-electron chi connectivity index (χ4n) is 1.85. The molecule has 108 valence electrons. The number of aliphatic hydroxyl groups excluding tert-OH is 1. The van der Waals surface area contributed by atoms with E-state index >= 15 is 0 Å². The van der Waals surface area contributed by atoms with Gasteiger partial charge in [-0.25, -0.2) is 4.68 Å². The summed E-state index contributed by atoms with van der Waals surface area (Å²) in [5.41, 5.74) is 2.34. The predicted octanol–water partition coefficient (Wildman–Crippen LogP) is 0.652. The molecule has 0 unspecified atom stereocenters. The van der Waals surface area contributed by atoms with Crippen LogP contribution in [-0.2, 0) is 20.1 Å². The van der Waals surface area contributed by atoms with E-state index in [1.807, 2.05) is 20.2 Å². The number of halogens is 1. The molecule has 0 fully saturated rings. The summed E-state index contributed by atoms with van der Waals surface area (Å²) in [5, 5.41) is 20.3. The van der Waals surface area contributed by atoms with Crippen LogP contribution >= 0.6 is 15.9 Å². The fraction of sp³-hybridized carbons (Fsp3) is 0.417. The molecule has 2 aromatic heterocycles. The van der Waals surface area contributed by atoms with Gasteiger partial charge in [0.05, 0.1) is 30.7 Å². The number of nitrogens with one attached hydrogen (secondary N) is 1. The van der Waals surface area contributed by atoms with Gasteiger partial charge >= 0.3 is 0 Å². The average molecular weight is 342 g/mol. The van der Waals surface area contributed by atoms with Crippen molar-refractivity contribution in [3.63, 3.8) is 0 Å². The third-order valence-electron chi connectivity index (χ3n) is 2.88. The van der Waals surface area contributed by atoms with Crippen molar-refractivity contribution in [1.29, 1.82) is 0 Å². The average Bonchev–Trinajstić information content (AvgIpc) is 2.73. The molecule has 7 nitrogen and oxygen atoms in total. The van der Waals surface area contributed by atoms with Crippen LogP contribution in [0.4, 0.5) is 5.69 Å². The summed E-state index contributed by atoms with van der Waals surface area (Å²) in [4.78, 5) is 11.9. The number of anilines is 1. The molecule has 0 aromatic carbocycles. The Balaban J connectivity index is 2.16. The molecule has 2 N–H and O–H groups in total. The van der Waals surface area contributed by atoms with E-state index in [9.17, 15) is 4.79 Å². The first-order valence-electron chi connectivity index (χ1n) is 6.12. The largest absolute Gasteiger partial charge is 0.394 e. The van der Waals surface area contributed by atoms with Crippen LogP contribution in [0.2, 0.25) is 0 Å². The molecule has 2 heterocycles. The lowest BCUT2D eigenvalue weighted by molar-refractivity contribution is 0.266. The third kappa shape index (κ3) is 3.07. The number of hydrogen-bond acceptors (Lipinski definition) is 5. The molecule has 0 amide bonds. The van der Waals surface area contributed by atoms with Crippen LogP contribution in [-0.4, -0.2) is 31.3 Å². The Morgan fingerprint density at radius 1 is 1.50 bits per heavy atom. The van der Waals surface area contributed by atoms with E-state index in [1.165, 1.54) is 4.68 Å². The number of rotatable bonds is 5. The molecule has 0 saturated carbocycles. The van der Waals surface area contributed by atoms with Gasteiger partial charge in [-0.1, -0.05) is 0 Å². The monoisotopic (exact) mass is 341 g/mol.